The first-order valence-electron chi connectivity index (χ1n) is 8.15. The van der Waals surface area contributed by atoms with Crippen molar-refractivity contribution in [1.82, 2.24) is 20.1 Å². The second-order valence-corrected chi connectivity index (χ2v) is 6.27. The van der Waals surface area contributed by atoms with Crippen molar-refractivity contribution in [2.75, 3.05) is 13.2 Å². The van der Waals surface area contributed by atoms with Crippen molar-refractivity contribution in [3.8, 4) is 0 Å². The highest BCUT2D eigenvalue weighted by Crippen LogP contribution is 2.32. The largest absolute Gasteiger partial charge is 0.370 e. The Morgan fingerprint density at radius 2 is 2.35 bits per heavy atom. The van der Waals surface area contributed by atoms with E-state index in [1.54, 1.807) is 24.5 Å². The molecule has 1 fully saturated rings. The topological polar surface area (TPSA) is 69.0 Å². The Bertz CT molecular complexity index is 694. The lowest BCUT2D eigenvalue weighted by molar-refractivity contribution is 0.0383. The monoisotopic (exact) mass is 312 g/mol. The minimum atomic E-state index is -0.167. The molecule has 1 aliphatic carbocycles. The summed E-state index contributed by atoms with van der Waals surface area (Å²) in [5, 5.41) is 7.61. The number of ether oxygens (including phenoxy) is 1. The van der Waals surface area contributed by atoms with Crippen LogP contribution in [0, 0.1) is 5.92 Å². The third-order valence-electron chi connectivity index (χ3n) is 4.38. The number of pyridine rings is 1. The number of carbonyl (C=O) groups is 1. The number of hydrogen-bond donors (Lipinski definition) is 1. The van der Waals surface area contributed by atoms with Crippen LogP contribution in [0.15, 0.2) is 30.7 Å². The summed E-state index contributed by atoms with van der Waals surface area (Å²) in [6.07, 6.45) is 8.71. The highest BCUT2D eigenvalue weighted by molar-refractivity contribution is 5.93. The van der Waals surface area contributed by atoms with E-state index < -0.39 is 0 Å². The molecule has 23 heavy (non-hydrogen) atoms. The number of fused-ring (bicyclic) bond motifs is 1. The lowest BCUT2D eigenvalue weighted by Gasteiger charge is -2.22. The number of rotatable bonds is 5. The second kappa shape index (κ2) is 6.12. The molecule has 3 heterocycles. The highest BCUT2D eigenvalue weighted by atomic mass is 16.5. The van der Waals surface area contributed by atoms with Crippen LogP contribution in [0.25, 0.3) is 0 Å². The maximum Gasteiger partial charge on any atom is 0.252 e. The van der Waals surface area contributed by atoms with Crippen molar-refractivity contribution in [2.24, 2.45) is 5.92 Å². The third-order valence-corrected chi connectivity index (χ3v) is 4.38. The first-order chi connectivity index (χ1) is 11.3. The van der Waals surface area contributed by atoms with Gasteiger partial charge in [-0.1, -0.05) is 0 Å². The van der Waals surface area contributed by atoms with Crippen molar-refractivity contribution >= 4 is 5.91 Å². The molecular formula is C17H20N4O2. The van der Waals surface area contributed by atoms with Gasteiger partial charge in [-0.25, -0.2) is 0 Å². The van der Waals surface area contributed by atoms with Gasteiger partial charge in [0.1, 0.15) is 6.10 Å². The molecular weight excluding hydrogens is 292 g/mol. The van der Waals surface area contributed by atoms with Crippen LogP contribution in [0.1, 0.15) is 40.6 Å². The molecule has 0 spiro atoms. The Morgan fingerprint density at radius 1 is 1.43 bits per heavy atom. The molecule has 120 valence electrons. The van der Waals surface area contributed by atoms with Gasteiger partial charge >= 0.3 is 0 Å². The first kappa shape index (κ1) is 14.4. The first-order valence-corrected chi connectivity index (χ1v) is 8.15. The molecule has 1 N–H and O–H groups in total. The fraction of sp³-hybridized carbons (Fsp3) is 0.471. The van der Waals surface area contributed by atoms with Gasteiger partial charge in [0.15, 0.2) is 0 Å². The van der Waals surface area contributed by atoms with Crippen LogP contribution in [0.4, 0.5) is 0 Å². The van der Waals surface area contributed by atoms with Gasteiger partial charge in [-0.2, -0.15) is 5.10 Å². The lowest BCUT2D eigenvalue weighted by Crippen LogP contribution is -2.32. The van der Waals surface area contributed by atoms with Crippen LogP contribution < -0.4 is 5.32 Å². The smallest absolute Gasteiger partial charge is 0.252 e. The van der Waals surface area contributed by atoms with Gasteiger partial charge in [0.2, 0.25) is 0 Å². The normalized spacial score (nSPS) is 20.1. The van der Waals surface area contributed by atoms with Gasteiger partial charge < -0.3 is 10.1 Å². The molecule has 2 aromatic rings. The number of aromatic nitrogens is 3. The van der Waals surface area contributed by atoms with Crippen LogP contribution in [-0.2, 0) is 17.7 Å². The van der Waals surface area contributed by atoms with E-state index in [1.807, 2.05) is 4.68 Å². The van der Waals surface area contributed by atoms with Gasteiger partial charge in [-0.3, -0.25) is 14.5 Å². The van der Waals surface area contributed by atoms with E-state index in [1.165, 1.54) is 18.4 Å². The van der Waals surface area contributed by atoms with Gasteiger partial charge in [0.05, 0.1) is 17.9 Å². The molecule has 0 radical (unpaired) electrons. The molecule has 2 aromatic heterocycles. The summed E-state index contributed by atoms with van der Waals surface area (Å²) in [7, 11) is 0. The molecule has 4 rings (SSSR count). The summed E-state index contributed by atoms with van der Waals surface area (Å²) in [6.45, 7) is 2.11. The van der Waals surface area contributed by atoms with Crippen LogP contribution in [0.5, 0.6) is 0 Å². The third kappa shape index (κ3) is 3.27. The molecule has 0 unspecified atom stereocenters. The van der Waals surface area contributed by atoms with E-state index in [9.17, 15) is 4.79 Å². The number of amides is 1. The van der Waals surface area contributed by atoms with E-state index >= 15 is 0 Å². The summed E-state index contributed by atoms with van der Waals surface area (Å²) >= 11 is 0. The molecule has 2 aliphatic rings. The van der Waals surface area contributed by atoms with Crippen LogP contribution in [0.2, 0.25) is 0 Å². The van der Waals surface area contributed by atoms with Gasteiger partial charge in [-0.15, -0.1) is 0 Å². The van der Waals surface area contributed by atoms with E-state index in [0.717, 1.165) is 24.6 Å². The van der Waals surface area contributed by atoms with Crippen LogP contribution >= 0.6 is 0 Å². The summed E-state index contributed by atoms with van der Waals surface area (Å²) in [4.78, 5) is 16.1. The molecule has 6 heteroatoms. The van der Waals surface area contributed by atoms with Gasteiger partial charge in [0.25, 0.3) is 5.91 Å². The molecule has 1 aliphatic heterocycles. The molecule has 1 amide bonds. The van der Waals surface area contributed by atoms with Crippen molar-refractivity contribution in [3.05, 3.63) is 47.5 Å². The number of carbonyl (C=O) groups excluding carboxylic acids is 1. The zero-order valence-electron chi connectivity index (χ0n) is 12.9. The quantitative estimate of drug-likeness (QED) is 0.913. The minimum Gasteiger partial charge on any atom is -0.370 e. The predicted octanol–water partition coefficient (Wildman–Crippen LogP) is 1.73. The van der Waals surface area contributed by atoms with Crippen molar-refractivity contribution in [3.63, 3.8) is 0 Å². The van der Waals surface area contributed by atoms with E-state index in [2.05, 4.69) is 16.5 Å². The molecule has 0 aromatic carbocycles. The lowest BCUT2D eigenvalue weighted by atomic mass is 10.1. The Morgan fingerprint density at radius 3 is 3.13 bits per heavy atom. The van der Waals surface area contributed by atoms with Crippen molar-refractivity contribution in [2.45, 2.75) is 31.9 Å². The predicted molar refractivity (Wildman–Crippen MR) is 83.9 cm³/mol. The molecule has 1 atom stereocenters. The zero-order chi connectivity index (χ0) is 15.6. The average molecular weight is 312 g/mol. The Kier molecular flexibility index (Phi) is 3.83. The number of nitrogens with one attached hydrogen (secondary N) is 1. The molecule has 0 saturated heterocycles. The Hall–Kier alpha value is -2.21. The van der Waals surface area contributed by atoms with E-state index in [0.29, 0.717) is 18.7 Å². The molecule has 0 bridgehead atoms. The van der Waals surface area contributed by atoms with Gasteiger partial charge in [-0.05, 0) is 42.9 Å². The number of nitrogens with zero attached hydrogens (tertiary/aromatic N) is 3. The summed E-state index contributed by atoms with van der Waals surface area (Å²) < 4.78 is 7.87. The SMILES string of the molecule is O=C(NC[C@H]1OCCc2cn(CC3CC3)nc21)c1cccnc1. The summed E-state index contributed by atoms with van der Waals surface area (Å²) in [6, 6.07) is 3.50. The molecule has 6 nitrogen and oxygen atoms in total. The van der Waals surface area contributed by atoms with Crippen molar-refractivity contribution in [1.29, 1.82) is 0 Å². The average Bonchev–Trinajstić information content (AvgIpc) is 3.29. The zero-order valence-corrected chi connectivity index (χ0v) is 12.9. The maximum atomic E-state index is 12.1. The number of hydrogen-bond acceptors (Lipinski definition) is 4. The summed E-state index contributed by atoms with van der Waals surface area (Å²) in [5.74, 6) is 0.659. The van der Waals surface area contributed by atoms with Crippen LogP contribution in [0.3, 0.4) is 0 Å². The minimum absolute atomic E-state index is 0.133. The Balaban J connectivity index is 1.42. The second-order valence-electron chi connectivity index (χ2n) is 6.27. The Labute approximate surface area is 134 Å². The van der Waals surface area contributed by atoms with E-state index in [-0.39, 0.29) is 12.0 Å². The summed E-state index contributed by atoms with van der Waals surface area (Å²) in [5.41, 5.74) is 2.78. The standard InChI is InChI=1S/C17H20N4O2/c22-17(13-2-1-6-18-8-13)19-9-15-16-14(5-7-23-15)11-21(20-16)10-12-3-4-12/h1-2,6,8,11-12,15H,3-5,7,9-10H2,(H,19,22)/t15-/m1/s1. The van der Waals surface area contributed by atoms with Crippen molar-refractivity contribution < 1.29 is 9.53 Å². The van der Waals surface area contributed by atoms with Crippen LogP contribution in [-0.4, -0.2) is 33.8 Å². The highest BCUT2D eigenvalue weighted by Gasteiger charge is 2.27. The van der Waals surface area contributed by atoms with Gasteiger partial charge in [0, 0.05) is 31.7 Å². The molecule has 1 saturated carbocycles. The fourth-order valence-corrected chi connectivity index (χ4v) is 2.93. The fourth-order valence-electron chi connectivity index (χ4n) is 2.93. The maximum absolute atomic E-state index is 12.1. The van der Waals surface area contributed by atoms with E-state index in [4.69, 9.17) is 9.84 Å².